The Morgan fingerprint density at radius 1 is 1.28 bits per heavy atom. The van der Waals surface area contributed by atoms with Gasteiger partial charge in [-0.05, 0) is 14.1 Å². The number of hydrogen-bond acceptors (Lipinski definition) is 4. The molecule has 18 heavy (non-hydrogen) atoms. The maximum atomic E-state index is 11.7. The summed E-state index contributed by atoms with van der Waals surface area (Å²) in [6.45, 7) is 1.57. The van der Waals surface area contributed by atoms with Crippen LogP contribution in [0.3, 0.4) is 0 Å². The van der Waals surface area contributed by atoms with E-state index in [0.29, 0.717) is 6.54 Å². The van der Waals surface area contributed by atoms with Crippen LogP contribution in [0, 0.1) is 0 Å². The highest BCUT2D eigenvalue weighted by Gasteiger charge is 2.15. The van der Waals surface area contributed by atoms with E-state index in [-0.39, 0.29) is 19.0 Å². The molecule has 0 heterocycles. The Kier molecular flexibility index (Phi) is 8.06. The predicted octanol–water partition coefficient (Wildman–Crippen LogP) is -0.321. The molecule has 0 saturated carbocycles. The number of nitrogens with zero attached hydrogens (tertiary/aromatic N) is 2. The number of likely N-dealkylation sites (N-methyl/N-ethyl adjacent to an activating group) is 2. The molecule has 106 valence electrons. The first-order valence-electron chi connectivity index (χ1n) is 5.75. The summed E-state index contributed by atoms with van der Waals surface area (Å²) in [7, 11) is 6.98. The SMILES string of the molecule is COC(CNC(=O)N(C)CCN(C)C)CC(=O)O. The second-order valence-corrected chi connectivity index (χ2v) is 4.37. The van der Waals surface area contributed by atoms with Crippen LogP contribution < -0.4 is 5.32 Å². The van der Waals surface area contributed by atoms with E-state index in [9.17, 15) is 9.59 Å². The highest BCUT2D eigenvalue weighted by atomic mass is 16.5. The summed E-state index contributed by atoms with van der Waals surface area (Å²) in [4.78, 5) is 25.7. The highest BCUT2D eigenvalue weighted by Crippen LogP contribution is 1.96. The lowest BCUT2D eigenvalue weighted by atomic mass is 10.2. The van der Waals surface area contributed by atoms with Crippen molar-refractivity contribution < 1.29 is 19.4 Å². The second kappa shape index (κ2) is 8.71. The van der Waals surface area contributed by atoms with Gasteiger partial charge in [-0.2, -0.15) is 0 Å². The van der Waals surface area contributed by atoms with E-state index in [4.69, 9.17) is 9.84 Å². The van der Waals surface area contributed by atoms with Crippen LogP contribution in [0.2, 0.25) is 0 Å². The molecular weight excluding hydrogens is 238 g/mol. The summed E-state index contributed by atoms with van der Waals surface area (Å²) in [6.07, 6.45) is -0.633. The van der Waals surface area contributed by atoms with Crippen LogP contribution >= 0.6 is 0 Å². The first kappa shape index (κ1) is 16.7. The molecule has 2 N–H and O–H groups in total. The van der Waals surface area contributed by atoms with Gasteiger partial charge in [-0.3, -0.25) is 4.79 Å². The van der Waals surface area contributed by atoms with Gasteiger partial charge in [-0.15, -0.1) is 0 Å². The standard InChI is InChI=1S/C11H23N3O4/c1-13(2)5-6-14(3)11(17)12-8-9(18-4)7-10(15)16/h9H,5-8H2,1-4H3,(H,12,17)(H,15,16). The van der Waals surface area contributed by atoms with Crippen LogP contribution in [0.25, 0.3) is 0 Å². The van der Waals surface area contributed by atoms with Gasteiger partial charge in [0.05, 0.1) is 12.5 Å². The van der Waals surface area contributed by atoms with Crippen molar-refractivity contribution in [3.63, 3.8) is 0 Å². The first-order valence-corrected chi connectivity index (χ1v) is 5.75. The molecule has 0 aliphatic heterocycles. The molecule has 1 unspecified atom stereocenters. The van der Waals surface area contributed by atoms with Crippen LogP contribution in [0.15, 0.2) is 0 Å². The first-order chi connectivity index (χ1) is 8.36. The number of rotatable bonds is 8. The topological polar surface area (TPSA) is 82.1 Å². The molecule has 0 spiro atoms. The molecular formula is C11H23N3O4. The van der Waals surface area contributed by atoms with E-state index >= 15 is 0 Å². The van der Waals surface area contributed by atoms with Gasteiger partial charge in [0.15, 0.2) is 0 Å². The van der Waals surface area contributed by atoms with Crippen molar-refractivity contribution in [3.8, 4) is 0 Å². The van der Waals surface area contributed by atoms with Gasteiger partial charge in [0.2, 0.25) is 0 Å². The van der Waals surface area contributed by atoms with Gasteiger partial charge in [0.25, 0.3) is 0 Å². The highest BCUT2D eigenvalue weighted by molar-refractivity contribution is 5.74. The summed E-state index contributed by atoms with van der Waals surface area (Å²) in [5, 5.41) is 11.3. The van der Waals surface area contributed by atoms with Crippen LogP contribution in [0.1, 0.15) is 6.42 Å². The molecule has 0 bridgehead atoms. The number of methoxy groups -OCH3 is 1. The Hall–Kier alpha value is -1.34. The molecule has 2 amide bonds. The van der Waals surface area contributed by atoms with E-state index in [0.717, 1.165) is 6.54 Å². The zero-order valence-corrected chi connectivity index (χ0v) is 11.5. The fraction of sp³-hybridized carbons (Fsp3) is 0.818. The maximum absolute atomic E-state index is 11.7. The minimum atomic E-state index is -0.947. The number of aliphatic carboxylic acids is 1. The van der Waals surface area contributed by atoms with Crippen molar-refractivity contribution in [3.05, 3.63) is 0 Å². The van der Waals surface area contributed by atoms with E-state index in [2.05, 4.69) is 5.32 Å². The van der Waals surface area contributed by atoms with E-state index in [1.54, 1.807) is 11.9 Å². The molecule has 0 rings (SSSR count). The Balaban J connectivity index is 3.95. The molecule has 7 nitrogen and oxygen atoms in total. The zero-order valence-electron chi connectivity index (χ0n) is 11.5. The third-order valence-corrected chi connectivity index (χ3v) is 2.45. The summed E-state index contributed by atoms with van der Waals surface area (Å²) in [5.41, 5.74) is 0. The van der Waals surface area contributed by atoms with Gasteiger partial charge >= 0.3 is 12.0 Å². The van der Waals surface area contributed by atoms with Crippen molar-refractivity contribution in [2.45, 2.75) is 12.5 Å². The smallest absolute Gasteiger partial charge is 0.317 e. The fourth-order valence-corrected chi connectivity index (χ4v) is 1.22. The summed E-state index contributed by atoms with van der Waals surface area (Å²) < 4.78 is 4.97. The number of nitrogens with one attached hydrogen (secondary N) is 1. The lowest BCUT2D eigenvalue weighted by Crippen LogP contribution is -2.43. The lowest BCUT2D eigenvalue weighted by Gasteiger charge is -2.21. The zero-order chi connectivity index (χ0) is 14.1. The largest absolute Gasteiger partial charge is 0.481 e. The number of carbonyl (C=O) groups is 2. The molecule has 7 heteroatoms. The van der Waals surface area contributed by atoms with Gasteiger partial charge in [-0.1, -0.05) is 0 Å². The predicted molar refractivity (Wildman–Crippen MR) is 67.6 cm³/mol. The minimum absolute atomic E-state index is 0.127. The molecule has 0 aromatic carbocycles. The average molecular weight is 261 g/mol. The number of carboxylic acid groups (broad SMARTS) is 1. The number of carboxylic acids is 1. The number of carbonyl (C=O) groups excluding carboxylic acids is 1. The van der Waals surface area contributed by atoms with Crippen LogP contribution in [0.4, 0.5) is 4.79 Å². The van der Waals surface area contributed by atoms with Crippen molar-refractivity contribution in [1.82, 2.24) is 15.1 Å². The molecule has 0 radical (unpaired) electrons. The Labute approximate surface area is 108 Å². The monoisotopic (exact) mass is 261 g/mol. The van der Waals surface area contributed by atoms with Crippen LogP contribution in [-0.4, -0.2) is 80.9 Å². The van der Waals surface area contributed by atoms with Crippen molar-refractivity contribution in [2.24, 2.45) is 0 Å². The molecule has 0 aliphatic rings. The minimum Gasteiger partial charge on any atom is -0.481 e. The quantitative estimate of drug-likeness (QED) is 0.626. The lowest BCUT2D eigenvalue weighted by molar-refractivity contribution is -0.139. The third-order valence-electron chi connectivity index (χ3n) is 2.45. The summed E-state index contributed by atoms with van der Waals surface area (Å²) in [5.74, 6) is -0.947. The molecule has 1 atom stereocenters. The van der Waals surface area contributed by atoms with E-state index < -0.39 is 12.1 Å². The molecule has 0 aromatic rings. The van der Waals surface area contributed by atoms with Crippen molar-refractivity contribution in [2.75, 3.05) is 47.9 Å². The van der Waals surface area contributed by atoms with Gasteiger partial charge in [0.1, 0.15) is 0 Å². The number of ether oxygens (including phenoxy) is 1. The molecule has 0 aromatic heterocycles. The maximum Gasteiger partial charge on any atom is 0.317 e. The van der Waals surface area contributed by atoms with Gasteiger partial charge in [-0.25, -0.2) is 4.79 Å². The normalized spacial score (nSPS) is 12.3. The van der Waals surface area contributed by atoms with Crippen molar-refractivity contribution in [1.29, 1.82) is 0 Å². The molecule has 0 fully saturated rings. The Morgan fingerprint density at radius 3 is 2.33 bits per heavy atom. The van der Waals surface area contributed by atoms with Crippen LogP contribution in [-0.2, 0) is 9.53 Å². The Bertz CT molecular complexity index is 271. The second-order valence-electron chi connectivity index (χ2n) is 4.37. The number of hydrogen-bond donors (Lipinski definition) is 2. The van der Waals surface area contributed by atoms with Gasteiger partial charge < -0.3 is 25.0 Å². The average Bonchev–Trinajstić information content (AvgIpc) is 2.30. The van der Waals surface area contributed by atoms with Gasteiger partial charge in [0, 0.05) is 33.8 Å². The van der Waals surface area contributed by atoms with Crippen LogP contribution in [0.5, 0.6) is 0 Å². The molecule has 0 saturated heterocycles. The summed E-state index contributed by atoms with van der Waals surface area (Å²) in [6, 6.07) is -0.232. The third kappa shape index (κ3) is 7.86. The molecule has 0 aliphatic carbocycles. The van der Waals surface area contributed by atoms with E-state index in [1.807, 2.05) is 19.0 Å². The van der Waals surface area contributed by atoms with Crippen molar-refractivity contribution >= 4 is 12.0 Å². The number of urea groups is 1. The van der Waals surface area contributed by atoms with E-state index in [1.165, 1.54) is 7.11 Å². The summed E-state index contributed by atoms with van der Waals surface area (Å²) >= 11 is 0. The Morgan fingerprint density at radius 2 is 1.89 bits per heavy atom. The number of amides is 2. The fourth-order valence-electron chi connectivity index (χ4n) is 1.22.